The van der Waals surface area contributed by atoms with Crippen molar-refractivity contribution in [1.29, 1.82) is 0 Å². The largest absolute Gasteiger partial charge is 0.309 e. The molecule has 5 nitrogen and oxygen atoms in total. The van der Waals surface area contributed by atoms with Crippen LogP contribution in [0.25, 0.3) is 150 Å². The molecule has 0 aliphatic heterocycles. The summed E-state index contributed by atoms with van der Waals surface area (Å²) in [5.74, 6) is 0.660. The van der Waals surface area contributed by atoms with Gasteiger partial charge in [0.2, 0.25) is 0 Å². The van der Waals surface area contributed by atoms with Gasteiger partial charge in [-0.3, -0.25) is 0 Å². The molecule has 0 bridgehead atoms. The highest BCUT2D eigenvalue weighted by Crippen LogP contribution is 2.49. The van der Waals surface area contributed by atoms with Crippen LogP contribution in [0.1, 0.15) is 11.1 Å². The van der Waals surface area contributed by atoms with Gasteiger partial charge in [-0.2, -0.15) is 0 Å². The second-order valence-electron chi connectivity index (χ2n) is 21.8. The zero-order valence-electron chi connectivity index (χ0n) is 45.9. The SMILES string of the molecule is Cc1ccc(-c2ccc3c(c2)c2ccccc2n3-c2c(-c3ccccc3-n3c4ccccc4c4ccccc43)cc(-c3cc(-c4ccccc4)nc(-c4ccccc4)n3)cc2-c2ccccc2-n2c3ccccc3c3ccccc32)c(C)c1. The molecule has 0 N–H and O–H groups in total. The molecule has 12 aromatic carbocycles. The van der Waals surface area contributed by atoms with Gasteiger partial charge in [0.15, 0.2) is 5.82 Å². The van der Waals surface area contributed by atoms with E-state index in [1.54, 1.807) is 0 Å². The minimum Gasteiger partial charge on any atom is -0.309 e. The molecule has 0 saturated carbocycles. The fourth-order valence-electron chi connectivity index (χ4n) is 13.2. The van der Waals surface area contributed by atoms with Crippen molar-refractivity contribution in [3.05, 3.63) is 296 Å². The first-order valence-corrected chi connectivity index (χ1v) is 28.5. The zero-order valence-corrected chi connectivity index (χ0v) is 45.9. The summed E-state index contributed by atoms with van der Waals surface area (Å²) in [5, 5.41) is 7.18. The van der Waals surface area contributed by atoms with Crippen molar-refractivity contribution in [2.24, 2.45) is 0 Å². The first-order valence-electron chi connectivity index (χ1n) is 28.5. The van der Waals surface area contributed by atoms with E-state index in [1.165, 1.54) is 54.6 Å². The Labute approximate surface area is 480 Å². The number of aryl methyl sites for hydroxylation is 2. The van der Waals surface area contributed by atoms with Crippen LogP contribution in [0.5, 0.6) is 0 Å². The van der Waals surface area contributed by atoms with Crippen molar-refractivity contribution in [2.45, 2.75) is 13.8 Å². The molecule has 0 aliphatic carbocycles. The minimum absolute atomic E-state index is 0.660. The van der Waals surface area contributed by atoms with E-state index in [4.69, 9.17) is 9.97 Å². The second-order valence-corrected chi connectivity index (χ2v) is 21.8. The number of hydrogen-bond donors (Lipinski definition) is 0. The van der Waals surface area contributed by atoms with Crippen LogP contribution < -0.4 is 0 Å². The molecule has 0 atom stereocenters. The number of nitrogens with zero attached hydrogens (tertiary/aromatic N) is 5. The van der Waals surface area contributed by atoms with Crippen molar-refractivity contribution in [2.75, 3.05) is 0 Å². The molecular weight excluding hydrogens is 1010 g/mol. The van der Waals surface area contributed by atoms with Crippen molar-refractivity contribution in [3.63, 3.8) is 0 Å². The average Bonchev–Trinajstić information content (AvgIpc) is 2.20. The Bertz CT molecular complexity index is 4890. The van der Waals surface area contributed by atoms with Gasteiger partial charge in [-0.05, 0) is 103 Å². The molecule has 16 rings (SSSR count). The van der Waals surface area contributed by atoms with Gasteiger partial charge in [0.25, 0.3) is 0 Å². The van der Waals surface area contributed by atoms with Gasteiger partial charge in [0.05, 0.1) is 61.6 Å². The Morgan fingerprint density at radius 1 is 0.253 bits per heavy atom. The molecule has 390 valence electrons. The Kier molecular flexibility index (Phi) is 11.3. The summed E-state index contributed by atoms with van der Waals surface area (Å²) in [6.07, 6.45) is 0. The van der Waals surface area contributed by atoms with Crippen LogP contribution in [0.4, 0.5) is 0 Å². The first-order chi connectivity index (χ1) is 41.0. The van der Waals surface area contributed by atoms with E-state index >= 15 is 0 Å². The molecule has 0 aliphatic rings. The van der Waals surface area contributed by atoms with E-state index in [0.717, 1.165) is 100 Å². The van der Waals surface area contributed by atoms with Crippen LogP contribution in [-0.4, -0.2) is 23.7 Å². The lowest BCUT2D eigenvalue weighted by Gasteiger charge is -2.24. The normalized spacial score (nSPS) is 11.7. The highest BCUT2D eigenvalue weighted by atomic mass is 15.0. The summed E-state index contributed by atoms with van der Waals surface area (Å²) in [5.41, 5.74) is 23.7. The third-order valence-electron chi connectivity index (χ3n) is 16.9. The Balaban J connectivity index is 1.09. The van der Waals surface area contributed by atoms with Crippen LogP contribution in [0, 0.1) is 13.8 Å². The lowest BCUT2D eigenvalue weighted by Crippen LogP contribution is -2.06. The van der Waals surface area contributed by atoms with E-state index in [-0.39, 0.29) is 0 Å². The molecule has 16 aromatic rings. The molecule has 83 heavy (non-hydrogen) atoms. The van der Waals surface area contributed by atoms with Gasteiger partial charge in [0.1, 0.15) is 0 Å². The smallest absolute Gasteiger partial charge is 0.160 e. The number of hydrogen-bond acceptors (Lipinski definition) is 2. The van der Waals surface area contributed by atoms with E-state index < -0.39 is 0 Å². The van der Waals surface area contributed by atoms with Crippen molar-refractivity contribution >= 4 is 65.4 Å². The number of aromatic nitrogens is 5. The lowest BCUT2D eigenvalue weighted by molar-refractivity contribution is 1.15. The van der Waals surface area contributed by atoms with Crippen molar-refractivity contribution in [1.82, 2.24) is 23.7 Å². The molecule has 0 spiro atoms. The highest BCUT2D eigenvalue weighted by Gasteiger charge is 2.27. The Hall–Kier alpha value is -10.9. The molecule has 0 fully saturated rings. The fraction of sp³-hybridized carbons (Fsp3) is 0.0256. The topological polar surface area (TPSA) is 40.6 Å². The fourth-order valence-corrected chi connectivity index (χ4v) is 13.2. The monoisotopic (exact) mass is 1060 g/mol. The van der Waals surface area contributed by atoms with Crippen LogP contribution >= 0.6 is 0 Å². The summed E-state index contributed by atoms with van der Waals surface area (Å²) in [6.45, 7) is 4.39. The van der Waals surface area contributed by atoms with Gasteiger partial charge in [-0.25, -0.2) is 9.97 Å². The Morgan fingerprint density at radius 2 is 0.663 bits per heavy atom. The van der Waals surface area contributed by atoms with Crippen molar-refractivity contribution < 1.29 is 0 Å². The predicted molar refractivity (Wildman–Crippen MR) is 347 cm³/mol. The Morgan fingerprint density at radius 3 is 1.17 bits per heavy atom. The quantitative estimate of drug-likeness (QED) is 0.145. The summed E-state index contributed by atoms with van der Waals surface area (Å²) < 4.78 is 7.49. The van der Waals surface area contributed by atoms with Gasteiger partial charge in [0, 0.05) is 71.3 Å². The maximum atomic E-state index is 5.59. The first kappa shape index (κ1) is 48.1. The third kappa shape index (κ3) is 7.84. The second kappa shape index (κ2) is 19.4. The third-order valence-corrected chi connectivity index (χ3v) is 16.9. The highest BCUT2D eigenvalue weighted by molar-refractivity contribution is 6.14. The summed E-state index contributed by atoms with van der Waals surface area (Å²) in [7, 11) is 0. The number of fused-ring (bicyclic) bond motifs is 9. The van der Waals surface area contributed by atoms with E-state index in [0.29, 0.717) is 5.82 Å². The number of para-hydroxylation sites is 7. The maximum absolute atomic E-state index is 5.59. The van der Waals surface area contributed by atoms with Gasteiger partial charge < -0.3 is 13.7 Å². The minimum atomic E-state index is 0.660. The summed E-state index contributed by atoms with van der Waals surface area (Å²) in [4.78, 5) is 10.9. The van der Waals surface area contributed by atoms with Gasteiger partial charge in [-0.15, -0.1) is 0 Å². The molecule has 0 amide bonds. The molecule has 0 radical (unpaired) electrons. The average molecular weight is 1060 g/mol. The van der Waals surface area contributed by atoms with Gasteiger partial charge >= 0.3 is 0 Å². The molecular formula is C78H53N5. The number of rotatable bonds is 9. The molecule has 0 unspecified atom stereocenters. The number of benzene rings is 12. The predicted octanol–water partition coefficient (Wildman–Crippen LogP) is 20.4. The van der Waals surface area contributed by atoms with Crippen LogP contribution in [0.3, 0.4) is 0 Å². The molecule has 4 heterocycles. The molecule has 4 aromatic heterocycles. The van der Waals surface area contributed by atoms with E-state index in [2.05, 4.69) is 307 Å². The van der Waals surface area contributed by atoms with E-state index in [9.17, 15) is 0 Å². The zero-order chi connectivity index (χ0) is 55.1. The lowest BCUT2D eigenvalue weighted by atomic mass is 9.90. The summed E-state index contributed by atoms with van der Waals surface area (Å²) in [6, 6.07) is 104. The van der Waals surface area contributed by atoms with Crippen molar-refractivity contribution in [3.8, 4) is 84.3 Å². The summed E-state index contributed by atoms with van der Waals surface area (Å²) >= 11 is 0. The molecule has 5 heteroatoms. The maximum Gasteiger partial charge on any atom is 0.160 e. The standard InChI is InChI=1S/C78H53N5/c1-50-41-43-56(51(2)45-50)54-42-44-76-64(46-54)61-31-13-22-40-75(61)83(76)77-65(62-32-14-20-38-73(62)81-69-34-16-9-27-57(69)58-28-10-17-35-70(58)81)47-55(68-49-67(52-23-5-3-6-24-52)79-78(80-68)53-25-7-4-8-26-53)48-66(77)63-33-15-21-39-74(63)82-71-36-18-11-29-59(71)60-30-12-19-37-72(60)82/h3-49H,1-2H3. The van der Waals surface area contributed by atoms with Gasteiger partial charge in [-0.1, -0.05) is 218 Å². The van der Waals surface area contributed by atoms with Crippen LogP contribution in [0.2, 0.25) is 0 Å². The van der Waals surface area contributed by atoms with Crippen LogP contribution in [0.15, 0.2) is 285 Å². The molecule has 0 saturated heterocycles. The van der Waals surface area contributed by atoms with E-state index in [1.807, 2.05) is 6.07 Å². The van der Waals surface area contributed by atoms with Crippen LogP contribution in [-0.2, 0) is 0 Å².